The van der Waals surface area contributed by atoms with Crippen LogP contribution in [0, 0.1) is 0 Å². The first kappa shape index (κ1) is 67.5. The highest BCUT2D eigenvalue weighted by Gasteiger charge is 2.34. The normalized spacial score (nSPS) is 14.0. The summed E-state index contributed by atoms with van der Waals surface area (Å²) in [6.45, 7) is 6.53. The minimum atomic E-state index is -1.10. The average molecular weight is 1350 g/mol. The number of hydrogen-bond acceptors (Lipinski definition) is 16. The summed E-state index contributed by atoms with van der Waals surface area (Å²) in [4.78, 5) is 85.8. The molecule has 10 aromatic rings. The summed E-state index contributed by atoms with van der Waals surface area (Å²) in [5.74, 6) is -1.95. The highest BCUT2D eigenvalue weighted by atomic mass is 35.5. The van der Waals surface area contributed by atoms with Gasteiger partial charge in [-0.3, -0.25) is 9.97 Å². The Balaban J connectivity index is 0.000000167. The first-order chi connectivity index (χ1) is 48.2. The molecule has 2 amide bonds. The van der Waals surface area contributed by atoms with Gasteiger partial charge in [0.05, 0.1) is 57.3 Å². The molecule has 14 rings (SSSR count). The van der Waals surface area contributed by atoms with E-state index in [0.29, 0.717) is 114 Å². The third-order valence-corrected chi connectivity index (χ3v) is 18.3. The second-order valence-corrected chi connectivity index (χ2v) is 24.3. The van der Waals surface area contributed by atoms with Gasteiger partial charge in [0.2, 0.25) is 0 Å². The Bertz CT molecular complexity index is 4590. The van der Waals surface area contributed by atoms with E-state index in [-0.39, 0.29) is 78.3 Å². The van der Waals surface area contributed by atoms with Gasteiger partial charge in [0, 0.05) is 92.6 Å². The number of fused-ring (bicyclic) bond motifs is 8. The van der Waals surface area contributed by atoms with Gasteiger partial charge in [-0.2, -0.15) is 0 Å². The molecule has 0 saturated carbocycles. The van der Waals surface area contributed by atoms with Crippen molar-refractivity contribution in [3.05, 3.63) is 244 Å². The fourth-order valence-electron chi connectivity index (χ4n) is 13.0. The lowest BCUT2D eigenvalue weighted by atomic mass is 9.98. The second kappa shape index (κ2) is 30.7. The topological polar surface area (TPSA) is 269 Å². The molecule has 0 radical (unpaired) electrons. The van der Waals surface area contributed by atoms with Crippen LogP contribution in [0.25, 0.3) is 44.1 Å². The average Bonchev–Trinajstić information content (AvgIpc) is 1.76. The second-order valence-electron chi connectivity index (χ2n) is 23.9. The standard InChI is InChI=1S/C39H35N3O7.C32H29ClN2O5.C7H7NO2/c1-2-47-38(45)32-22-40-34-16-15-25(21-31(34)36(32)41-35-14-8-7-13-30(35)37(43)44)49-24-17-19-42(20-18-24)39(46)48-23-33-28-11-5-3-9-26(28)27-10-4-6-12-29(27)33;1-2-38-31(36)27-18-34-29-12-11-21(17-26(29)30(27)33)40-20-13-15-35(16-14-20)32(37)39-19-28-24-9-5-3-7-22(24)23-8-4-6-10-25(23)28;8-6-4-2-1-3-5(6)7(9)10/h3-16,21-22,24,33H,2,17-20,23H2,1H3,(H,40,41)(H,43,44);3-12,17-18,20,28H,2,13-16,19H2,1H3;1-4H,8H2,(H,9,10). The van der Waals surface area contributed by atoms with Crippen molar-refractivity contribution < 1.29 is 67.4 Å². The van der Waals surface area contributed by atoms with Gasteiger partial charge in [-0.25, -0.2) is 28.8 Å². The number of carboxylic acid groups (broad SMARTS) is 2. The molecule has 8 aromatic carbocycles. The van der Waals surface area contributed by atoms with Crippen LogP contribution in [0.4, 0.5) is 26.7 Å². The van der Waals surface area contributed by atoms with Crippen LogP contribution in [0.15, 0.2) is 194 Å². The fourth-order valence-corrected chi connectivity index (χ4v) is 13.3. The lowest BCUT2D eigenvalue weighted by Crippen LogP contribution is -2.42. The molecule has 0 atom stereocenters. The number of nitrogen functional groups attached to an aromatic ring is 1. The number of carbonyl (C=O) groups excluding carboxylic acids is 4. The van der Waals surface area contributed by atoms with Crippen LogP contribution in [0.3, 0.4) is 0 Å². The number of piperidine rings is 2. The monoisotopic (exact) mass is 1350 g/mol. The number of carbonyl (C=O) groups is 6. The van der Waals surface area contributed by atoms with Gasteiger partial charge >= 0.3 is 36.1 Å². The largest absolute Gasteiger partial charge is 0.490 e. The van der Waals surface area contributed by atoms with Crippen molar-refractivity contribution in [2.75, 3.05) is 63.7 Å². The molecule has 2 aromatic heterocycles. The van der Waals surface area contributed by atoms with Crippen LogP contribution in [-0.4, -0.2) is 131 Å². The number of esters is 2. The molecule has 0 unspecified atom stereocenters. The van der Waals surface area contributed by atoms with Crippen LogP contribution in [-0.2, 0) is 18.9 Å². The van der Waals surface area contributed by atoms with E-state index in [9.17, 15) is 33.9 Å². The summed E-state index contributed by atoms with van der Waals surface area (Å²) in [6.07, 6.45) is 4.59. The van der Waals surface area contributed by atoms with Gasteiger partial charge in [-0.15, -0.1) is 0 Å². The number of pyridine rings is 2. The Morgan fingerprint density at radius 2 is 0.879 bits per heavy atom. The van der Waals surface area contributed by atoms with Gasteiger partial charge in [0.25, 0.3) is 0 Å². The zero-order valence-corrected chi connectivity index (χ0v) is 55.1. The first-order valence-corrected chi connectivity index (χ1v) is 33.1. The molecule has 4 heterocycles. The molecule has 4 aliphatic rings. The Labute approximate surface area is 575 Å². The number of likely N-dealkylation sites (tertiary alicyclic amines) is 2. The molecule has 504 valence electrons. The van der Waals surface area contributed by atoms with Crippen LogP contribution in [0.2, 0.25) is 5.02 Å². The number of ether oxygens (including phenoxy) is 6. The van der Waals surface area contributed by atoms with Gasteiger partial charge in [0.15, 0.2) is 0 Å². The number of carboxylic acids is 2. The molecule has 5 N–H and O–H groups in total. The van der Waals surface area contributed by atoms with E-state index in [1.54, 1.807) is 78.2 Å². The number of hydrogen-bond donors (Lipinski definition) is 4. The number of halogens is 1. The summed E-state index contributed by atoms with van der Waals surface area (Å²) in [7, 11) is 0. The van der Waals surface area contributed by atoms with Gasteiger partial charge in [-0.1, -0.05) is 133 Å². The third kappa shape index (κ3) is 15.1. The fraction of sp³-hybridized carbons (Fsp3) is 0.231. The van der Waals surface area contributed by atoms with E-state index in [0.717, 1.165) is 0 Å². The summed E-state index contributed by atoms with van der Waals surface area (Å²) in [6, 6.07) is 56.8. The third-order valence-electron chi connectivity index (χ3n) is 17.9. The number of nitrogens with two attached hydrogens (primary N) is 1. The van der Waals surface area contributed by atoms with Gasteiger partial charge in [-0.05, 0) is 119 Å². The molecule has 0 bridgehead atoms. The minimum absolute atomic E-state index is 0.000878. The van der Waals surface area contributed by atoms with E-state index in [1.165, 1.54) is 69.0 Å². The molecule has 0 spiro atoms. The molecule has 21 heteroatoms. The molecule has 99 heavy (non-hydrogen) atoms. The summed E-state index contributed by atoms with van der Waals surface area (Å²) in [5, 5.41) is 22.9. The van der Waals surface area contributed by atoms with Gasteiger partial charge in [0.1, 0.15) is 42.5 Å². The number of amides is 2. The van der Waals surface area contributed by atoms with Crippen molar-refractivity contribution in [3.8, 4) is 33.8 Å². The summed E-state index contributed by atoms with van der Waals surface area (Å²) in [5.41, 5.74) is 17.7. The number of benzene rings is 8. The molecule has 2 aliphatic carbocycles. The Hall–Kier alpha value is -11.5. The molecule has 2 saturated heterocycles. The number of anilines is 3. The molecular weight excluding hydrogens is 1280 g/mol. The van der Waals surface area contributed by atoms with Crippen LogP contribution in [0.1, 0.15) is 115 Å². The predicted molar refractivity (Wildman–Crippen MR) is 375 cm³/mol. The first-order valence-electron chi connectivity index (χ1n) is 32.7. The highest BCUT2D eigenvalue weighted by molar-refractivity contribution is 6.38. The highest BCUT2D eigenvalue weighted by Crippen LogP contribution is 2.46. The van der Waals surface area contributed by atoms with Crippen LogP contribution in [0.5, 0.6) is 11.5 Å². The number of para-hydroxylation sites is 2. The maximum absolute atomic E-state index is 13.2. The van der Waals surface area contributed by atoms with Crippen molar-refractivity contribution in [1.82, 2.24) is 19.8 Å². The van der Waals surface area contributed by atoms with E-state index < -0.39 is 23.9 Å². The summed E-state index contributed by atoms with van der Waals surface area (Å²) >= 11 is 6.52. The van der Waals surface area contributed by atoms with Crippen LogP contribution < -0.4 is 20.5 Å². The molecule has 2 aliphatic heterocycles. The van der Waals surface area contributed by atoms with Crippen molar-refractivity contribution in [2.45, 2.75) is 63.6 Å². The summed E-state index contributed by atoms with van der Waals surface area (Å²) < 4.78 is 34.7. The zero-order valence-electron chi connectivity index (χ0n) is 54.3. The lowest BCUT2D eigenvalue weighted by Gasteiger charge is -2.32. The lowest BCUT2D eigenvalue weighted by molar-refractivity contribution is 0.0517. The van der Waals surface area contributed by atoms with Crippen molar-refractivity contribution in [1.29, 1.82) is 0 Å². The Kier molecular flexibility index (Phi) is 20.9. The maximum Gasteiger partial charge on any atom is 0.409 e. The van der Waals surface area contributed by atoms with Crippen molar-refractivity contribution >= 4 is 86.5 Å². The molecule has 20 nitrogen and oxygen atoms in total. The molecular formula is C78H71ClN6O14. The van der Waals surface area contributed by atoms with Gasteiger partial charge < -0.3 is 59.5 Å². The quantitative estimate of drug-likeness (QED) is 0.0398. The van der Waals surface area contributed by atoms with Crippen LogP contribution >= 0.6 is 11.6 Å². The Morgan fingerprint density at radius 1 is 0.485 bits per heavy atom. The number of aromatic nitrogens is 2. The van der Waals surface area contributed by atoms with E-state index in [4.69, 9.17) is 50.9 Å². The number of rotatable bonds is 16. The van der Waals surface area contributed by atoms with E-state index in [2.05, 4.69) is 63.8 Å². The van der Waals surface area contributed by atoms with E-state index in [1.807, 2.05) is 66.7 Å². The molecule has 2 fully saturated rings. The SMILES string of the molecule is CCOC(=O)c1cnc2ccc(OC3CCN(C(=O)OCC4c5ccccc5-c5ccccc54)CC3)cc2c1Cl.CCOC(=O)c1cnc2ccc(OC3CCN(C(=O)OCC4c5ccccc5-c5ccccc54)CC3)cc2c1Nc1ccccc1C(=O)O.Nc1ccccc1C(=O)O. The predicted octanol–water partition coefficient (Wildman–Crippen LogP) is 15.5. The maximum atomic E-state index is 13.2. The smallest absolute Gasteiger partial charge is 0.409 e. The number of nitrogens with one attached hydrogen (secondary N) is 1. The minimum Gasteiger partial charge on any atom is -0.490 e. The Morgan fingerprint density at radius 3 is 1.32 bits per heavy atom. The zero-order chi connectivity index (χ0) is 69.1. The number of nitrogens with zero attached hydrogens (tertiary/aromatic N) is 4. The van der Waals surface area contributed by atoms with Crippen molar-refractivity contribution in [3.63, 3.8) is 0 Å². The van der Waals surface area contributed by atoms with Crippen molar-refractivity contribution in [2.24, 2.45) is 0 Å². The number of aromatic carboxylic acids is 2. The van der Waals surface area contributed by atoms with E-state index >= 15 is 0 Å².